The molecular formula is C24H42N2O4. The fraction of sp³-hybridized carbons (Fsp3) is 0.917. The van der Waals surface area contributed by atoms with Crippen LogP contribution in [0.25, 0.3) is 0 Å². The highest BCUT2D eigenvalue weighted by atomic mass is 16.5. The largest absolute Gasteiger partial charge is 0.392 e. The molecule has 3 rings (SSSR count). The second-order valence-electron chi connectivity index (χ2n) is 10.5. The van der Waals surface area contributed by atoms with E-state index < -0.39 is 6.10 Å². The van der Waals surface area contributed by atoms with Gasteiger partial charge in [0, 0.05) is 25.1 Å². The molecule has 0 radical (unpaired) electrons. The Morgan fingerprint density at radius 2 is 1.77 bits per heavy atom. The minimum atomic E-state index is -0.520. The summed E-state index contributed by atoms with van der Waals surface area (Å²) in [6.45, 7) is 6.49. The second kappa shape index (κ2) is 9.99. The quantitative estimate of drug-likeness (QED) is 0.614. The van der Waals surface area contributed by atoms with Crippen LogP contribution >= 0.6 is 0 Å². The molecular weight excluding hydrogens is 380 g/mol. The first kappa shape index (κ1) is 23.5. The third-order valence-electron chi connectivity index (χ3n) is 8.52. The van der Waals surface area contributed by atoms with E-state index in [1.807, 2.05) is 6.92 Å². The molecule has 0 bridgehead atoms. The van der Waals surface area contributed by atoms with E-state index in [0.717, 1.165) is 38.5 Å². The van der Waals surface area contributed by atoms with Gasteiger partial charge in [-0.3, -0.25) is 9.59 Å². The van der Waals surface area contributed by atoms with Gasteiger partial charge < -0.3 is 20.5 Å². The number of hydrogen-bond donors (Lipinski definition) is 3. The van der Waals surface area contributed by atoms with Gasteiger partial charge in [0.15, 0.2) is 0 Å². The number of fused-ring (bicyclic) bond motifs is 1. The Morgan fingerprint density at radius 1 is 1.10 bits per heavy atom. The number of ether oxygens (including phenoxy) is 1. The molecule has 3 aliphatic rings. The van der Waals surface area contributed by atoms with Crippen LogP contribution < -0.4 is 10.6 Å². The molecule has 6 heteroatoms. The predicted molar refractivity (Wildman–Crippen MR) is 117 cm³/mol. The number of amides is 2. The molecule has 0 aromatic rings. The van der Waals surface area contributed by atoms with Gasteiger partial charge in [-0.15, -0.1) is 0 Å². The van der Waals surface area contributed by atoms with Crippen molar-refractivity contribution in [1.82, 2.24) is 10.6 Å². The molecule has 3 fully saturated rings. The first-order valence-corrected chi connectivity index (χ1v) is 12.0. The van der Waals surface area contributed by atoms with Crippen LogP contribution in [-0.4, -0.2) is 48.8 Å². The van der Waals surface area contributed by atoms with Crippen LogP contribution in [0.4, 0.5) is 0 Å². The molecule has 3 aliphatic carbocycles. The molecule has 6 nitrogen and oxygen atoms in total. The predicted octanol–water partition coefficient (Wildman–Crippen LogP) is 3.03. The third kappa shape index (κ3) is 5.01. The standard InChI is InChI=1S/C24H42N2O4/c1-15(23(29)25-17-8-6-5-7-9-17)18-10-12-24(3)13-11-19(26-20(27)14-30-4)16(2)21(24)22(18)28/h15-19,21-22,28H,5-14H2,1-4H3,(H,25,29)(H,26,27). The minimum Gasteiger partial charge on any atom is -0.392 e. The molecule has 0 heterocycles. The zero-order valence-corrected chi connectivity index (χ0v) is 19.3. The Bertz CT molecular complexity index is 606. The summed E-state index contributed by atoms with van der Waals surface area (Å²) >= 11 is 0. The number of carbonyl (C=O) groups excluding carboxylic acids is 2. The van der Waals surface area contributed by atoms with E-state index in [1.54, 1.807) is 0 Å². The Kier molecular flexibility index (Phi) is 7.83. The lowest BCUT2D eigenvalue weighted by atomic mass is 9.51. The van der Waals surface area contributed by atoms with Crippen LogP contribution in [0.5, 0.6) is 0 Å². The SMILES string of the molecule is COCC(=O)NC1CCC2(C)CCC(C(C)C(=O)NC3CCCCC3)C(O)C2C1C. The number of nitrogens with one attached hydrogen (secondary N) is 2. The lowest BCUT2D eigenvalue weighted by molar-refractivity contribution is -0.144. The second-order valence-corrected chi connectivity index (χ2v) is 10.5. The summed E-state index contributed by atoms with van der Waals surface area (Å²) in [5.74, 6) is 0.0337. The number of carbonyl (C=O) groups is 2. The maximum Gasteiger partial charge on any atom is 0.246 e. The van der Waals surface area contributed by atoms with Crippen LogP contribution in [0.3, 0.4) is 0 Å². The number of methoxy groups -OCH3 is 1. The van der Waals surface area contributed by atoms with Crippen molar-refractivity contribution in [2.24, 2.45) is 29.1 Å². The summed E-state index contributed by atoms with van der Waals surface area (Å²) in [6, 6.07) is 0.346. The monoisotopic (exact) mass is 422 g/mol. The summed E-state index contributed by atoms with van der Waals surface area (Å²) in [5, 5.41) is 17.8. The highest BCUT2D eigenvalue weighted by Gasteiger charge is 2.53. The van der Waals surface area contributed by atoms with Gasteiger partial charge in [0.25, 0.3) is 0 Å². The number of hydrogen-bond acceptors (Lipinski definition) is 4. The number of aliphatic hydroxyl groups is 1. The zero-order valence-electron chi connectivity index (χ0n) is 19.3. The molecule has 0 saturated heterocycles. The fourth-order valence-corrected chi connectivity index (χ4v) is 6.65. The van der Waals surface area contributed by atoms with Crippen molar-refractivity contribution in [2.45, 2.75) is 96.7 Å². The van der Waals surface area contributed by atoms with Gasteiger partial charge in [-0.2, -0.15) is 0 Å². The Morgan fingerprint density at radius 3 is 2.43 bits per heavy atom. The van der Waals surface area contributed by atoms with E-state index >= 15 is 0 Å². The van der Waals surface area contributed by atoms with Crippen molar-refractivity contribution in [3.63, 3.8) is 0 Å². The summed E-state index contributed by atoms with van der Waals surface area (Å²) in [7, 11) is 1.52. The summed E-state index contributed by atoms with van der Waals surface area (Å²) in [5.41, 5.74) is 0.0668. The third-order valence-corrected chi connectivity index (χ3v) is 8.52. The molecule has 0 spiro atoms. The highest BCUT2D eigenvalue weighted by Crippen LogP contribution is 2.55. The zero-order chi connectivity index (χ0) is 21.9. The maximum absolute atomic E-state index is 13.0. The molecule has 7 unspecified atom stereocenters. The van der Waals surface area contributed by atoms with Crippen LogP contribution in [-0.2, 0) is 14.3 Å². The van der Waals surface area contributed by atoms with Gasteiger partial charge in [0.05, 0.1) is 6.10 Å². The van der Waals surface area contributed by atoms with Gasteiger partial charge in [0.2, 0.25) is 11.8 Å². The molecule has 0 aromatic carbocycles. The van der Waals surface area contributed by atoms with Crippen LogP contribution in [0.1, 0.15) is 78.6 Å². The number of rotatable bonds is 6. The summed E-state index contributed by atoms with van der Waals surface area (Å²) < 4.78 is 4.96. The molecule has 0 aliphatic heterocycles. The molecule has 3 N–H and O–H groups in total. The Labute approximate surface area is 181 Å². The lowest BCUT2D eigenvalue weighted by Gasteiger charge is -2.56. The van der Waals surface area contributed by atoms with Gasteiger partial charge in [-0.25, -0.2) is 0 Å². The molecule has 30 heavy (non-hydrogen) atoms. The highest BCUT2D eigenvalue weighted by molar-refractivity contribution is 5.79. The molecule has 2 amide bonds. The van der Waals surface area contributed by atoms with Gasteiger partial charge in [-0.1, -0.05) is 40.0 Å². The number of aliphatic hydroxyl groups excluding tert-OH is 1. The maximum atomic E-state index is 13.0. The Hall–Kier alpha value is -1.14. The van der Waals surface area contributed by atoms with E-state index in [9.17, 15) is 14.7 Å². The Balaban J connectivity index is 1.66. The van der Waals surface area contributed by atoms with E-state index in [0.29, 0.717) is 6.04 Å². The van der Waals surface area contributed by atoms with Crippen LogP contribution in [0.2, 0.25) is 0 Å². The van der Waals surface area contributed by atoms with Crippen molar-refractivity contribution in [2.75, 3.05) is 13.7 Å². The molecule has 0 aromatic heterocycles. The summed E-state index contributed by atoms with van der Waals surface area (Å²) in [4.78, 5) is 25.0. The van der Waals surface area contributed by atoms with E-state index in [2.05, 4.69) is 24.5 Å². The first-order chi connectivity index (χ1) is 14.3. The van der Waals surface area contributed by atoms with Crippen molar-refractivity contribution < 1.29 is 19.4 Å². The first-order valence-electron chi connectivity index (χ1n) is 12.0. The normalized spacial score (nSPS) is 38.4. The average molecular weight is 423 g/mol. The van der Waals surface area contributed by atoms with Crippen molar-refractivity contribution in [3.8, 4) is 0 Å². The van der Waals surface area contributed by atoms with Gasteiger partial charge in [0.1, 0.15) is 6.61 Å². The van der Waals surface area contributed by atoms with Gasteiger partial charge >= 0.3 is 0 Å². The van der Waals surface area contributed by atoms with E-state index in [-0.39, 0.29) is 53.5 Å². The molecule has 3 saturated carbocycles. The van der Waals surface area contributed by atoms with Crippen molar-refractivity contribution >= 4 is 11.8 Å². The average Bonchev–Trinajstić information content (AvgIpc) is 2.71. The molecule has 172 valence electrons. The van der Waals surface area contributed by atoms with Crippen molar-refractivity contribution in [1.29, 1.82) is 0 Å². The van der Waals surface area contributed by atoms with E-state index in [1.165, 1.54) is 26.4 Å². The van der Waals surface area contributed by atoms with Crippen LogP contribution in [0.15, 0.2) is 0 Å². The van der Waals surface area contributed by atoms with Crippen LogP contribution in [0, 0.1) is 29.1 Å². The fourth-order valence-electron chi connectivity index (χ4n) is 6.65. The topological polar surface area (TPSA) is 87.7 Å². The van der Waals surface area contributed by atoms with E-state index in [4.69, 9.17) is 4.74 Å². The van der Waals surface area contributed by atoms with Crippen molar-refractivity contribution in [3.05, 3.63) is 0 Å². The lowest BCUT2D eigenvalue weighted by Crippen LogP contribution is -2.59. The summed E-state index contributed by atoms with van der Waals surface area (Å²) in [6.07, 6.45) is 9.13. The van der Waals surface area contributed by atoms with Gasteiger partial charge in [-0.05, 0) is 61.7 Å². The minimum absolute atomic E-state index is 0.0254. The smallest absolute Gasteiger partial charge is 0.246 e. The molecule has 7 atom stereocenters.